The fourth-order valence-corrected chi connectivity index (χ4v) is 2.17. The number of hydrogen-bond acceptors (Lipinski definition) is 4. The molecule has 0 unspecified atom stereocenters. The fourth-order valence-electron chi connectivity index (χ4n) is 2.17. The summed E-state index contributed by atoms with van der Waals surface area (Å²) in [5.74, 6) is 2.48. The second-order valence-electron chi connectivity index (χ2n) is 4.48. The Hall–Kier alpha value is -2.01. The molecule has 0 saturated heterocycles. The summed E-state index contributed by atoms with van der Waals surface area (Å²) in [6.07, 6.45) is 4.67. The number of fused-ring (bicyclic) bond motifs is 1. The molecule has 1 aliphatic rings. The van der Waals surface area contributed by atoms with Crippen molar-refractivity contribution in [2.45, 2.75) is 19.9 Å². The van der Waals surface area contributed by atoms with Crippen LogP contribution in [0, 0.1) is 0 Å². The van der Waals surface area contributed by atoms with Crippen LogP contribution in [0.25, 0.3) is 11.4 Å². The van der Waals surface area contributed by atoms with E-state index >= 15 is 0 Å². The molecule has 1 aromatic carbocycles. The Labute approximate surface area is 112 Å². The Balaban J connectivity index is 1.93. The lowest BCUT2D eigenvalue weighted by molar-refractivity contribution is 0.173. The van der Waals surface area contributed by atoms with Crippen LogP contribution < -0.4 is 14.8 Å². The second-order valence-corrected chi connectivity index (χ2v) is 4.48. The van der Waals surface area contributed by atoms with Crippen LogP contribution in [0.5, 0.6) is 11.5 Å². The number of H-pyrrole nitrogens is 1. The maximum Gasteiger partial charge on any atom is 0.231 e. The number of aromatic nitrogens is 2. The van der Waals surface area contributed by atoms with Crippen molar-refractivity contribution >= 4 is 0 Å². The van der Waals surface area contributed by atoms with E-state index in [1.165, 1.54) is 0 Å². The van der Waals surface area contributed by atoms with Gasteiger partial charge in [-0.2, -0.15) is 0 Å². The first kappa shape index (κ1) is 12.0. The van der Waals surface area contributed by atoms with Gasteiger partial charge in [-0.25, -0.2) is 4.98 Å². The summed E-state index contributed by atoms with van der Waals surface area (Å²) < 4.78 is 11.0. The van der Waals surface area contributed by atoms with Gasteiger partial charge in [0.1, 0.15) is 5.82 Å². The van der Waals surface area contributed by atoms with Gasteiger partial charge in [0.15, 0.2) is 11.5 Å². The summed E-state index contributed by atoms with van der Waals surface area (Å²) >= 11 is 0. The zero-order chi connectivity index (χ0) is 13.1. The summed E-state index contributed by atoms with van der Waals surface area (Å²) in [4.78, 5) is 7.39. The highest BCUT2D eigenvalue weighted by Gasteiger charge is 2.20. The van der Waals surface area contributed by atoms with Crippen LogP contribution in [0.4, 0.5) is 0 Å². The quantitative estimate of drug-likeness (QED) is 0.809. The summed E-state index contributed by atoms with van der Waals surface area (Å²) in [7, 11) is 0. The fraction of sp³-hybridized carbons (Fsp3) is 0.357. The first-order chi connectivity index (χ1) is 9.38. The minimum atomic E-state index is 0.289. The molecule has 0 saturated carbocycles. The molecule has 100 valence electrons. The number of rotatable bonds is 5. The molecule has 0 fully saturated rings. The molecule has 19 heavy (non-hydrogen) atoms. The third-order valence-electron chi connectivity index (χ3n) is 3.06. The Bertz CT molecular complexity index is 552. The van der Waals surface area contributed by atoms with Crippen LogP contribution in [0.1, 0.15) is 18.9 Å². The molecule has 2 aromatic rings. The predicted molar refractivity (Wildman–Crippen MR) is 72.1 cm³/mol. The van der Waals surface area contributed by atoms with Crippen LogP contribution in [-0.4, -0.2) is 23.3 Å². The van der Waals surface area contributed by atoms with Crippen molar-refractivity contribution in [2.75, 3.05) is 13.3 Å². The normalized spacial score (nSPS) is 12.9. The molecule has 0 aliphatic carbocycles. The van der Waals surface area contributed by atoms with E-state index < -0.39 is 0 Å². The number of hydrogen-bond donors (Lipinski definition) is 2. The zero-order valence-corrected chi connectivity index (χ0v) is 10.9. The van der Waals surface area contributed by atoms with Gasteiger partial charge in [-0.1, -0.05) is 6.92 Å². The number of ether oxygens (including phenoxy) is 2. The van der Waals surface area contributed by atoms with Crippen molar-refractivity contribution in [2.24, 2.45) is 0 Å². The molecular weight excluding hydrogens is 242 g/mol. The van der Waals surface area contributed by atoms with Gasteiger partial charge < -0.3 is 19.8 Å². The molecule has 2 N–H and O–H groups in total. The minimum Gasteiger partial charge on any atom is -0.454 e. The molecule has 5 heteroatoms. The average molecular weight is 259 g/mol. The lowest BCUT2D eigenvalue weighted by Crippen LogP contribution is -2.14. The van der Waals surface area contributed by atoms with Crippen LogP contribution in [0.3, 0.4) is 0 Å². The van der Waals surface area contributed by atoms with E-state index in [0.29, 0.717) is 0 Å². The lowest BCUT2D eigenvalue weighted by atomic mass is 10.1. The first-order valence-electron chi connectivity index (χ1n) is 6.51. The van der Waals surface area contributed by atoms with E-state index in [4.69, 9.17) is 9.47 Å². The number of nitrogens with one attached hydrogen (secondary N) is 2. The molecule has 0 spiro atoms. The Morgan fingerprint density at radius 2 is 2.32 bits per heavy atom. The maximum absolute atomic E-state index is 5.54. The monoisotopic (exact) mass is 259 g/mol. The number of aromatic amines is 1. The summed E-state index contributed by atoms with van der Waals surface area (Å²) in [6.45, 7) is 4.20. The van der Waals surface area contributed by atoms with Crippen LogP contribution in [0.2, 0.25) is 0 Å². The Morgan fingerprint density at radius 1 is 1.37 bits per heavy atom. The predicted octanol–water partition coefficient (Wildman–Crippen LogP) is 2.30. The largest absolute Gasteiger partial charge is 0.454 e. The van der Waals surface area contributed by atoms with E-state index in [-0.39, 0.29) is 6.79 Å². The van der Waals surface area contributed by atoms with Crippen LogP contribution in [-0.2, 0) is 6.54 Å². The number of imidazole rings is 1. The van der Waals surface area contributed by atoms with Crippen molar-refractivity contribution in [3.05, 3.63) is 30.1 Å². The minimum absolute atomic E-state index is 0.289. The molecule has 0 atom stereocenters. The van der Waals surface area contributed by atoms with Gasteiger partial charge >= 0.3 is 0 Å². The first-order valence-corrected chi connectivity index (χ1v) is 6.51. The second kappa shape index (κ2) is 5.32. The summed E-state index contributed by atoms with van der Waals surface area (Å²) in [5.41, 5.74) is 2.12. The van der Waals surface area contributed by atoms with Crippen molar-refractivity contribution < 1.29 is 9.47 Å². The van der Waals surface area contributed by atoms with Crippen LogP contribution >= 0.6 is 0 Å². The van der Waals surface area contributed by atoms with E-state index in [1.54, 1.807) is 6.20 Å². The average Bonchev–Trinajstić information content (AvgIpc) is 3.09. The van der Waals surface area contributed by atoms with E-state index in [9.17, 15) is 0 Å². The molecular formula is C14H17N3O2. The third-order valence-corrected chi connectivity index (χ3v) is 3.06. The van der Waals surface area contributed by atoms with E-state index in [0.717, 1.165) is 48.0 Å². The number of nitrogens with zero attached hydrogens (tertiary/aromatic N) is 1. The molecule has 2 heterocycles. The molecule has 1 aromatic heterocycles. The van der Waals surface area contributed by atoms with E-state index in [1.807, 2.05) is 12.3 Å². The lowest BCUT2D eigenvalue weighted by Gasteiger charge is -2.09. The van der Waals surface area contributed by atoms with Crippen LogP contribution in [0.15, 0.2) is 24.5 Å². The smallest absolute Gasteiger partial charge is 0.231 e. The van der Waals surface area contributed by atoms with Gasteiger partial charge in [0.2, 0.25) is 6.79 Å². The Kier molecular flexibility index (Phi) is 3.37. The van der Waals surface area contributed by atoms with Gasteiger partial charge in [0.25, 0.3) is 0 Å². The highest BCUT2D eigenvalue weighted by atomic mass is 16.7. The van der Waals surface area contributed by atoms with Gasteiger partial charge in [-0.3, -0.25) is 0 Å². The highest BCUT2D eigenvalue weighted by Crippen LogP contribution is 2.39. The third kappa shape index (κ3) is 2.42. The topological polar surface area (TPSA) is 59.2 Å². The summed E-state index contributed by atoms with van der Waals surface area (Å²) in [5, 5.41) is 3.39. The molecule has 1 aliphatic heterocycles. The van der Waals surface area contributed by atoms with Gasteiger partial charge in [-0.15, -0.1) is 0 Å². The maximum atomic E-state index is 5.54. The van der Waals surface area contributed by atoms with E-state index in [2.05, 4.69) is 28.3 Å². The molecule has 0 amide bonds. The SMILES string of the molecule is CCCNCc1cc(-c2ncc[nH]2)cc2c1OCO2. The Morgan fingerprint density at radius 3 is 3.11 bits per heavy atom. The molecule has 5 nitrogen and oxygen atoms in total. The molecule has 0 bridgehead atoms. The summed E-state index contributed by atoms with van der Waals surface area (Å²) in [6, 6.07) is 4.06. The van der Waals surface area contributed by atoms with Gasteiger partial charge in [-0.05, 0) is 25.1 Å². The standard InChI is InChI=1S/C14H17N3O2/c1-2-3-15-8-11-6-10(14-16-4-5-17-14)7-12-13(11)19-9-18-12/h4-7,15H,2-3,8-9H2,1H3,(H,16,17). The van der Waals surface area contributed by atoms with Crippen molar-refractivity contribution in [3.8, 4) is 22.9 Å². The molecule has 3 rings (SSSR count). The van der Waals surface area contributed by atoms with Crippen molar-refractivity contribution in [1.29, 1.82) is 0 Å². The highest BCUT2D eigenvalue weighted by molar-refractivity contribution is 5.64. The van der Waals surface area contributed by atoms with Crippen molar-refractivity contribution in [3.63, 3.8) is 0 Å². The van der Waals surface area contributed by atoms with Gasteiger partial charge in [0.05, 0.1) is 0 Å². The van der Waals surface area contributed by atoms with Crippen molar-refractivity contribution in [1.82, 2.24) is 15.3 Å². The van der Waals surface area contributed by atoms with Gasteiger partial charge in [0, 0.05) is 30.1 Å². The number of benzene rings is 1. The molecule has 0 radical (unpaired) electrons. The zero-order valence-electron chi connectivity index (χ0n) is 10.9.